The van der Waals surface area contributed by atoms with Crippen molar-refractivity contribution in [1.29, 1.82) is 0 Å². The first-order valence-electron chi connectivity index (χ1n) is 5.36. The number of hydrogen-bond donors (Lipinski definition) is 1. The molecule has 0 saturated carbocycles. The molecule has 1 aromatic rings. The van der Waals surface area contributed by atoms with Crippen LogP contribution in [0.4, 0.5) is 0 Å². The molecule has 1 aromatic heterocycles. The van der Waals surface area contributed by atoms with Crippen LogP contribution in [0.15, 0.2) is 18.2 Å². The van der Waals surface area contributed by atoms with Gasteiger partial charge in [0.1, 0.15) is 0 Å². The largest absolute Gasteiger partial charge is 0.383 e. The Balaban J connectivity index is 2.24. The van der Waals surface area contributed by atoms with Crippen molar-refractivity contribution in [3.63, 3.8) is 0 Å². The van der Waals surface area contributed by atoms with E-state index in [-0.39, 0.29) is 0 Å². The fraction of sp³-hybridized carbons (Fsp3) is 0.500. The molecule has 2 nitrogen and oxygen atoms in total. The Kier molecular flexibility index (Phi) is 6.73. The van der Waals surface area contributed by atoms with Gasteiger partial charge >= 0.3 is 0 Å². The molecule has 0 radical (unpaired) electrons. The first-order valence-corrected chi connectivity index (χ1v) is 6.55. The lowest BCUT2D eigenvalue weighted by Crippen LogP contribution is -2.19. The molecule has 90 valence electrons. The quantitative estimate of drug-likeness (QED) is 0.758. The summed E-state index contributed by atoms with van der Waals surface area (Å²) in [6.45, 7) is 4.79. The molecule has 0 aliphatic heterocycles. The van der Waals surface area contributed by atoms with Gasteiger partial charge in [-0.05, 0) is 37.6 Å². The maximum Gasteiger partial charge on any atom is 0.0934 e. The molecule has 0 spiro atoms. The molecule has 16 heavy (non-hydrogen) atoms. The standard InChI is InChI=1S/C12H18ClNOS/c1-10(11-5-6-12(13)16-11)4-3-7-14-8-9-15-2/h4-6,14H,3,7-9H2,1-2H3. The van der Waals surface area contributed by atoms with Crippen LogP contribution in [0.1, 0.15) is 18.2 Å². The van der Waals surface area contributed by atoms with E-state index in [1.165, 1.54) is 10.5 Å². The molecular formula is C12H18ClNOS. The zero-order valence-corrected chi connectivity index (χ0v) is 11.3. The molecule has 0 aliphatic rings. The second-order valence-electron chi connectivity index (χ2n) is 3.52. The Labute approximate surface area is 106 Å². The fourth-order valence-electron chi connectivity index (χ4n) is 1.32. The van der Waals surface area contributed by atoms with Gasteiger partial charge in [0.2, 0.25) is 0 Å². The van der Waals surface area contributed by atoms with Gasteiger partial charge in [0, 0.05) is 18.5 Å². The molecule has 0 bridgehead atoms. The third-order valence-corrected chi connectivity index (χ3v) is 3.58. The van der Waals surface area contributed by atoms with Crippen molar-refractivity contribution in [2.45, 2.75) is 13.3 Å². The van der Waals surface area contributed by atoms with E-state index < -0.39 is 0 Å². The molecule has 0 aliphatic carbocycles. The van der Waals surface area contributed by atoms with Gasteiger partial charge in [-0.15, -0.1) is 11.3 Å². The average molecular weight is 260 g/mol. The lowest BCUT2D eigenvalue weighted by atomic mass is 10.2. The second-order valence-corrected chi connectivity index (χ2v) is 5.24. The van der Waals surface area contributed by atoms with E-state index in [9.17, 15) is 0 Å². The Morgan fingerprint density at radius 2 is 2.31 bits per heavy atom. The highest BCUT2D eigenvalue weighted by Crippen LogP contribution is 2.27. The molecule has 1 rings (SSSR count). The van der Waals surface area contributed by atoms with Gasteiger partial charge in [-0.3, -0.25) is 0 Å². The van der Waals surface area contributed by atoms with Crippen LogP contribution in [0.5, 0.6) is 0 Å². The number of ether oxygens (including phenoxy) is 1. The molecule has 1 heterocycles. The zero-order valence-electron chi connectivity index (χ0n) is 9.75. The van der Waals surface area contributed by atoms with Crippen LogP contribution >= 0.6 is 22.9 Å². The molecule has 0 amide bonds. The summed E-state index contributed by atoms with van der Waals surface area (Å²) in [6, 6.07) is 4.01. The maximum absolute atomic E-state index is 5.89. The first-order chi connectivity index (χ1) is 7.74. The fourth-order valence-corrected chi connectivity index (χ4v) is 2.36. The number of nitrogens with one attached hydrogen (secondary N) is 1. The van der Waals surface area contributed by atoms with Gasteiger partial charge in [0.15, 0.2) is 0 Å². The zero-order chi connectivity index (χ0) is 11.8. The predicted octanol–water partition coefficient (Wildman–Crippen LogP) is 3.43. The molecule has 1 N–H and O–H groups in total. The number of allylic oxidation sites excluding steroid dienone is 1. The Morgan fingerprint density at radius 1 is 1.50 bits per heavy atom. The second kappa shape index (κ2) is 7.85. The highest BCUT2D eigenvalue weighted by molar-refractivity contribution is 7.17. The van der Waals surface area contributed by atoms with Gasteiger partial charge in [0.05, 0.1) is 10.9 Å². The average Bonchev–Trinajstić information content (AvgIpc) is 2.70. The molecular weight excluding hydrogens is 242 g/mol. The summed E-state index contributed by atoms with van der Waals surface area (Å²) in [5.74, 6) is 0. The third-order valence-electron chi connectivity index (χ3n) is 2.22. The van der Waals surface area contributed by atoms with Crippen LogP contribution in [0.3, 0.4) is 0 Å². The summed E-state index contributed by atoms with van der Waals surface area (Å²) in [6.07, 6.45) is 3.27. The van der Waals surface area contributed by atoms with Crippen LogP contribution in [-0.2, 0) is 4.74 Å². The summed E-state index contributed by atoms with van der Waals surface area (Å²) in [4.78, 5) is 1.25. The van der Waals surface area contributed by atoms with Crippen LogP contribution in [0.2, 0.25) is 4.34 Å². The summed E-state index contributed by atoms with van der Waals surface area (Å²) >= 11 is 7.51. The number of rotatable bonds is 7. The van der Waals surface area contributed by atoms with Crippen molar-refractivity contribution >= 4 is 28.5 Å². The lowest BCUT2D eigenvalue weighted by molar-refractivity contribution is 0.199. The van der Waals surface area contributed by atoms with Crippen molar-refractivity contribution in [3.8, 4) is 0 Å². The van der Waals surface area contributed by atoms with Crippen LogP contribution in [0.25, 0.3) is 5.57 Å². The highest BCUT2D eigenvalue weighted by atomic mass is 35.5. The molecule has 0 fully saturated rings. The predicted molar refractivity (Wildman–Crippen MR) is 72.3 cm³/mol. The summed E-state index contributed by atoms with van der Waals surface area (Å²) < 4.78 is 5.80. The van der Waals surface area contributed by atoms with E-state index in [2.05, 4.69) is 24.4 Å². The summed E-state index contributed by atoms with van der Waals surface area (Å²) in [7, 11) is 1.71. The van der Waals surface area contributed by atoms with Gasteiger partial charge in [-0.1, -0.05) is 17.7 Å². The molecule has 0 saturated heterocycles. The molecule has 0 aromatic carbocycles. The lowest BCUT2D eigenvalue weighted by Gasteiger charge is -2.02. The Morgan fingerprint density at radius 3 is 2.94 bits per heavy atom. The minimum atomic E-state index is 0.767. The van der Waals surface area contributed by atoms with Crippen molar-refractivity contribution in [1.82, 2.24) is 5.32 Å². The summed E-state index contributed by atoms with van der Waals surface area (Å²) in [5, 5.41) is 3.31. The van der Waals surface area contributed by atoms with E-state index in [1.807, 2.05) is 6.07 Å². The van der Waals surface area contributed by atoms with E-state index in [0.29, 0.717) is 0 Å². The number of thiophene rings is 1. The SMILES string of the molecule is COCCNCCC=C(C)c1ccc(Cl)s1. The molecule has 0 atom stereocenters. The van der Waals surface area contributed by atoms with E-state index in [1.54, 1.807) is 18.4 Å². The van der Waals surface area contributed by atoms with Gasteiger partial charge in [0.25, 0.3) is 0 Å². The van der Waals surface area contributed by atoms with Gasteiger partial charge in [-0.2, -0.15) is 0 Å². The van der Waals surface area contributed by atoms with Crippen molar-refractivity contribution in [2.75, 3.05) is 26.8 Å². The first kappa shape index (κ1) is 13.7. The Bertz CT molecular complexity index is 336. The highest BCUT2D eigenvalue weighted by Gasteiger charge is 1.98. The maximum atomic E-state index is 5.89. The van der Waals surface area contributed by atoms with E-state index in [4.69, 9.17) is 16.3 Å². The topological polar surface area (TPSA) is 21.3 Å². The van der Waals surface area contributed by atoms with Crippen LogP contribution in [0, 0.1) is 0 Å². The van der Waals surface area contributed by atoms with Crippen molar-refractivity contribution < 1.29 is 4.74 Å². The third kappa shape index (κ3) is 5.12. The smallest absolute Gasteiger partial charge is 0.0934 e. The number of methoxy groups -OCH3 is 1. The van der Waals surface area contributed by atoms with Crippen LogP contribution in [-0.4, -0.2) is 26.8 Å². The van der Waals surface area contributed by atoms with Crippen molar-refractivity contribution in [3.05, 3.63) is 27.4 Å². The van der Waals surface area contributed by atoms with Gasteiger partial charge < -0.3 is 10.1 Å². The Hall–Kier alpha value is -0.350. The van der Waals surface area contributed by atoms with E-state index >= 15 is 0 Å². The number of hydrogen-bond acceptors (Lipinski definition) is 3. The van der Waals surface area contributed by atoms with Crippen molar-refractivity contribution in [2.24, 2.45) is 0 Å². The van der Waals surface area contributed by atoms with E-state index in [0.717, 1.165) is 30.5 Å². The number of halogens is 1. The summed E-state index contributed by atoms with van der Waals surface area (Å²) in [5.41, 5.74) is 1.30. The molecule has 4 heteroatoms. The minimum Gasteiger partial charge on any atom is -0.383 e. The monoisotopic (exact) mass is 259 g/mol. The van der Waals surface area contributed by atoms with Gasteiger partial charge in [-0.25, -0.2) is 0 Å². The normalized spacial score (nSPS) is 12.1. The van der Waals surface area contributed by atoms with Crippen LogP contribution < -0.4 is 5.32 Å². The minimum absolute atomic E-state index is 0.767. The molecule has 0 unspecified atom stereocenters.